The van der Waals surface area contributed by atoms with Gasteiger partial charge in [-0.3, -0.25) is 0 Å². The molecule has 5 rings (SSSR count). The molecule has 0 bridgehead atoms. The van der Waals surface area contributed by atoms with Gasteiger partial charge < -0.3 is 9.53 Å². The molecule has 0 heterocycles. The number of rotatable bonds is 6. The molecule has 4 aliphatic rings. The molecule has 4 nitrogen and oxygen atoms in total. The first-order valence-electron chi connectivity index (χ1n) is 15.5. The van der Waals surface area contributed by atoms with Crippen molar-refractivity contribution in [1.82, 2.24) is 0 Å². The molecule has 3 fully saturated rings. The Morgan fingerprint density at radius 1 is 1.07 bits per heavy atom. The maximum atomic E-state index is 13.2. The van der Waals surface area contributed by atoms with Crippen LogP contribution < -0.4 is 0 Å². The highest BCUT2D eigenvalue weighted by molar-refractivity contribution is 7.91. The van der Waals surface area contributed by atoms with Crippen LogP contribution in [0.3, 0.4) is 0 Å². The Balaban J connectivity index is 1.37. The molecule has 3 saturated carbocycles. The van der Waals surface area contributed by atoms with Crippen LogP contribution in [0.1, 0.15) is 80.1 Å². The van der Waals surface area contributed by atoms with Crippen molar-refractivity contribution in [2.75, 3.05) is 5.75 Å². The molecule has 40 heavy (non-hydrogen) atoms. The van der Waals surface area contributed by atoms with Crippen LogP contribution >= 0.6 is 0 Å². The summed E-state index contributed by atoms with van der Waals surface area (Å²) in [5.74, 6) is 1.04. The maximum Gasteiger partial charge on any atom is 0.192 e. The molecule has 1 N–H and O–H groups in total. The van der Waals surface area contributed by atoms with Crippen LogP contribution in [-0.2, 0) is 14.3 Å². The lowest BCUT2D eigenvalue weighted by Crippen LogP contribution is -2.53. The standard InChI is InChI=1S/C34H52O4SSi/c1-23(22-39(36,37)26-12-10-9-11-13-26)28-16-17-29-27-15-14-24-20-25(38-40(7,8)32(2,3)4)18-19-33(24,5)31(27)30(35)21-34(28,29)6/h9-15,23,25,28-31,35H,16-22H2,1-8H3/t23-,25+,28-,29+,30-,31-,33+,34-/m1/s1. The Labute approximate surface area is 244 Å². The van der Waals surface area contributed by atoms with Gasteiger partial charge in [-0.2, -0.15) is 0 Å². The van der Waals surface area contributed by atoms with Crippen LogP contribution in [0, 0.1) is 34.5 Å². The van der Waals surface area contributed by atoms with E-state index in [1.165, 1.54) is 11.1 Å². The van der Waals surface area contributed by atoms with Crippen LogP contribution in [-0.4, -0.2) is 39.8 Å². The summed E-state index contributed by atoms with van der Waals surface area (Å²) in [6.45, 7) is 18.5. The Hall–Kier alpha value is -1.21. The molecule has 0 radical (unpaired) electrons. The highest BCUT2D eigenvalue weighted by atomic mass is 32.2. The number of fused-ring (bicyclic) bond motifs is 5. The van der Waals surface area contributed by atoms with Gasteiger partial charge in [0.15, 0.2) is 18.2 Å². The van der Waals surface area contributed by atoms with Gasteiger partial charge >= 0.3 is 0 Å². The first-order chi connectivity index (χ1) is 18.5. The zero-order chi connectivity index (χ0) is 29.3. The topological polar surface area (TPSA) is 63.6 Å². The molecule has 0 amide bonds. The van der Waals surface area contributed by atoms with Crippen molar-refractivity contribution in [3.05, 3.63) is 53.6 Å². The zero-order valence-electron chi connectivity index (χ0n) is 26.0. The summed E-state index contributed by atoms with van der Waals surface area (Å²) < 4.78 is 33.4. The molecule has 1 aromatic carbocycles. The second-order valence-electron chi connectivity index (χ2n) is 15.6. The van der Waals surface area contributed by atoms with Gasteiger partial charge in [-0.1, -0.05) is 83.0 Å². The minimum absolute atomic E-state index is 0.0293. The molecule has 0 spiro atoms. The summed E-state index contributed by atoms with van der Waals surface area (Å²) in [6.07, 6.45) is 10.5. The van der Waals surface area contributed by atoms with Crippen LogP contribution in [0.15, 0.2) is 58.5 Å². The molecule has 0 unspecified atom stereocenters. The van der Waals surface area contributed by atoms with Gasteiger partial charge in [-0.15, -0.1) is 0 Å². The van der Waals surface area contributed by atoms with E-state index in [0.29, 0.717) is 10.8 Å². The van der Waals surface area contributed by atoms with Crippen molar-refractivity contribution < 1.29 is 18.0 Å². The second kappa shape index (κ2) is 10.2. The van der Waals surface area contributed by atoms with Crippen LogP contribution in [0.4, 0.5) is 0 Å². The summed E-state index contributed by atoms with van der Waals surface area (Å²) in [6, 6.07) is 8.87. The van der Waals surface area contributed by atoms with Gasteiger partial charge in [0.1, 0.15) is 0 Å². The summed E-state index contributed by atoms with van der Waals surface area (Å²) in [5, 5.41) is 12.1. The van der Waals surface area contributed by atoms with Crippen molar-refractivity contribution in [3.8, 4) is 0 Å². The summed E-state index contributed by atoms with van der Waals surface area (Å²) in [7, 11) is -5.19. The van der Waals surface area contributed by atoms with E-state index >= 15 is 0 Å². The fourth-order valence-electron chi connectivity index (χ4n) is 8.95. The second-order valence-corrected chi connectivity index (χ2v) is 22.4. The third-order valence-corrected chi connectivity index (χ3v) is 18.6. The number of aliphatic hydroxyl groups excluding tert-OH is 1. The third kappa shape index (κ3) is 5.03. The van der Waals surface area contributed by atoms with Crippen molar-refractivity contribution >= 4 is 18.2 Å². The van der Waals surface area contributed by atoms with Crippen LogP contribution in [0.25, 0.3) is 0 Å². The lowest BCUT2D eigenvalue weighted by Gasteiger charge is -2.57. The Kier molecular flexibility index (Phi) is 7.72. The first kappa shape index (κ1) is 30.3. The SMILES string of the molecule is C[C@H](CS(=O)(=O)c1ccccc1)[C@H]1CC[C@H]2C3=CC=C4C[C@@H](O[Si](C)(C)C(C)(C)C)CC[C@]4(C)[C@H]3[C@H](O)C[C@]12C. The van der Waals surface area contributed by atoms with Gasteiger partial charge in [0.2, 0.25) is 0 Å². The average molecular weight is 585 g/mol. The van der Waals surface area contributed by atoms with E-state index in [9.17, 15) is 13.5 Å². The molecular weight excluding hydrogens is 533 g/mol. The highest BCUT2D eigenvalue weighted by Crippen LogP contribution is 2.66. The number of hydrogen-bond donors (Lipinski definition) is 1. The van der Waals surface area contributed by atoms with Gasteiger partial charge in [-0.25, -0.2) is 8.42 Å². The first-order valence-corrected chi connectivity index (χ1v) is 20.1. The highest BCUT2D eigenvalue weighted by Gasteiger charge is 2.60. The minimum Gasteiger partial charge on any atom is -0.414 e. The van der Waals surface area contributed by atoms with Crippen molar-refractivity contribution in [1.29, 1.82) is 0 Å². The van der Waals surface area contributed by atoms with Crippen LogP contribution in [0.5, 0.6) is 0 Å². The predicted molar refractivity (Wildman–Crippen MR) is 166 cm³/mol. The number of benzene rings is 1. The average Bonchev–Trinajstić information content (AvgIpc) is 3.20. The lowest BCUT2D eigenvalue weighted by atomic mass is 9.49. The largest absolute Gasteiger partial charge is 0.414 e. The Morgan fingerprint density at radius 2 is 1.75 bits per heavy atom. The van der Waals surface area contributed by atoms with E-state index in [1.807, 2.05) is 6.07 Å². The zero-order valence-corrected chi connectivity index (χ0v) is 27.9. The molecular formula is C34H52O4SSi. The third-order valence-electron chi connectivity index (χ3n) is 12.1. The molecule has 8 atom stereocenters. The van der Waals surface area contributed by atoms with E-state index < -0.39 is 24.3 Å². The van der Waals surface area contributed by atoms with E-state index in [0.717, 1.165) is 38.5 Å². The van der Waals surface area contributed by atoms with E-state index in [-0.39, 0.29) is 45.5 Å². The number of sulfone groups is 1. The van der Waals surface area contributed by atoms with Crippen molar-refractivity contribution in [3.63, 3.8) is 0 Å². The quantitative estimate of drug-likeness (QED) is 0.345. The monoisotopic (exact) mass is 584 g/mol. The summed E-state index contributed by atoms with van der Waals surface area (Å²) in [5.41, 5.74) is 2.77. The molecule has 6 heteroatoms. The molecule has 0 saturated heterocycles. The lowest BCUT2D eigenvalue weighted by molar-refractivity contribution is -0.0519. The number of hydrogen-bond acceptors (Lipinski definition) is 4. The summed E-state index contributed by atoms with van der Waals surface area (Å²) >= 11 is 0. The van der Waals surface area contributed by atoms with Gasteiger partial charge in [-0.05, 0) is 97.4 Å². The van der Waals surface area contributed by atoms with Crippen molar-refractivity contribution in [2.45, 2.75) is 115 Å². The number of aliphatic hydroxyl groups is 1. The van der Waals surface area contributed by atoms with E-state index in [2.05, 4.69) is 66.8 Å². The molecule has 1 aromatic rings. The van der Waals surface area contributed by atoms with Gasteiger partial charge in [0.05, 0.1) is 16.8 Å². The van der Waals surface area contributed by atoms with E-state index in [1.54, 1.807) is 24.3 Å². The Bertz CT molecular complexity index is 1280. The predicted octanol–water partition coefficient (Wildman–Crippen LogP) is 7.96. The Morgan fingerprint density at radius 3 is 2.40 bits per heavy atom. The van der Waals surface area contributed by atoms with Crippen molar-refractivity contribution in [2.24, 2.45) is 34.5 Å². The smallest absolute Gasteiger partial charge is 0.192 e. The molecule has 222 valence electrons. The van der Waals surface area contributed by atoms with Crippen LogP contribution in [0.2, 0.25) is 18.1 Å². The fraction of sp³-hybridized carbons (Fsp3) is 0.706. The minimum atomic E-state index is -3.35. The van der Waals surface area contributed by atoms with E-state index in [4.69, 9.17) is 4.43 Å². The fourth-order valence-corrected chi connectivity index (χ4v) is 12.0. The normalized spacial score (nSPS) is 37.1. The van der Waals surface area contributed by atoms with Gasteiger partial charge in [0, 0.05) is 12.0 Å². The molecule has 0 aliphatic heterocycles. The number of allylic oxidation sites excluding steroid dienone is 2. The molecule has 4 aliphatic carbocycles. The van der Waals surface area contributed by atoms with Gasteiger partial charge in [0.25, 0.3) is 0 Å². The summed E-state index contributed by atoms with van der Waals surface area (Å²) in [4.78, 5) is 0.416. The maximum absolute atomic E-state index is 13.2. The molecule has 0 aromatic heterocycles.